The standard InChI is InChI=1S/C3H6O4.Hg/c4-1-2(5)3(6)7;/h2,4-5H,1H2,(H,6,7);/q;+1/p-1. The molecular formula is C3H5HgO4. The average molecular weight is 306 g/mol. The summed E-state index contributed by atoms with van der Waals surface area (Å²) < 4.78 is 4.25. The van der Waals surface area contributed by atoms with E-state index in [1.807, 2.05) is 0 Å². The van der Waals surface area contributed by atoms with Crippen LogP contribution in [0.5, 0.6) is 0 Å². The zero-order chi connectivity index (χ0) is 6.57. The number of carbonyl (C=O) groups excluding carboxylic acids is 1. The summed E-state index contributed by atoms with van der Waals surface area (Å²) in [6.45, 7) is -0.559. The van der Waals surface area contributed by atoms with Crippen molar-refractivity contribution in [3.05, 3.63) is 0 Å². The van der Waals surface area contributed by atoms with Crippen molar-refractivity contribution in [2.24, 2.45) is 0 Å². The molecule has 0 rings (SSSR count). The van der Waals surface area contributed by atoms with Gasteiger partial charge in [0.2, 0.25) is 0 Å². The van der Waals surface area contributed by atoms with Crippen LogP contribution in [0, 0.1) is 0 Å². The third-order valence-corrected chi connectivity index (χ3v) is 1.69. The number of carbonyl (C=O) groups is 1. The summed E-state index contributed by atoms with van der Waals surface area (Å²) in [6, 6.07) is 0. The molecule has 0 heterocycles. The van der Waals surface area contributed by atoms with Crippen LogP contribution in [0.1, 0.15) is 0 Å². The van der Waals surface area contributed by atoms with Crippen LogP contribution < -0.4 is 0 Å². The first-order valence-corrected chi connectivity index (χ1v) is 4.21. The summed E-state index contributed by atoms with van der Waals surface area (Å²) in [5.41, 5.74) is 0. The van der Waals surface area contributed by atoms with Gasteiger partial charge in [0.05, 0.1) is 0 Å². The maximum absolute atomic E-state index is 10.2. The van der Waals surface area contributed by atoms with E-state index in [9.17, 15) is 4.79 Å². The average Bonchev–Trinajstić information content (AvgIpc) is 1.84. The van der Waals surface area contributed by atoms with Crippen LogP contribution in [0.3, 0.4) is 0 Å². The summed E-state index contributed by atoms with van der Waals surface area (Å²) in [6.07, 6.45) is -1.34. The molecule has 0 aliphatic rings. The van der Waals surface area contributed by atoms with Crippen molar-refractivity contribution in [3.63, 3.8) is 0 Å². The normalized spacial score (nSPS) is 13.0. The van der Waals surface area contributed by atoms with Gasteiger partial charge in [0.25, 0.3) is 0 Å². The molecule has 43 valence electrons. The number of aliphatic hydroxyl groups is 2. The van der Waals surface area contributed by atoms with E-state index in [0.717, 1.165) is 0 Å². The Morgan fingerprint density at radius 3 is 2.50 bits per heavy atom. The van der Waals surface area contributed by atoms with Gasteiger partial charge < -0.3 is 0 Å². The predicted octanol–water partition coefficient (Wildman–Crippen LogP) is -1.66. The van der Waals surface area contributed by atoms with Crippen LogP contribution in [0.15, 0.2) is 0 Å². The second-order valence-corrected chi connectivity index (χ2v) is 2.28. The van der Waals surface area contributed by atoms with Gasteiger partial charge in [-0.1, -0.05) is 0 Å². The molecule has 4 nitrogen and oxygen atoms in total. The molecule has 8 heavy (non-hydrogen) atoms. The van der Waals surface area contributed by atoms with E-state index in [-0.39, 0.29) is 26.6 Å². The van der Waals surface area contributed by atoms with E-state index in [2.05, 4.69) is 2.64 Å². The zero-order valence-corrected chi connectivity index (χ0v) is 9.70. The van der Waals surface area contributed by atoms with E-state index < -0.39 is 18.7 Å². The molecule has 0 amide bonds. The fraction of sp³-hybridized carbons (Fsp3) is 0.667. The van der Waals surface area contributed by atoms with Crippen molar-refractivity contribution in [1.82, 2.24) is 0 Å². The molecule has 0 saturated carbocycles. The van der Waals surface area contributed by atoms with E-state index in [1.165, 1.54) is 0 Å². The molecule has 0 aromatic rings. The Hall–Kier alpha value is 0.325. The van der Waals surface area contributed by atoms with Crippen LogP contribution in [0.25, 0.3) is 0 Å². The zero-order valence-electron chi connectivity index (χ0n) is 4.20. The number of hydrogen-bond acceptors (Lipinski definition) is 4. The summed E-state index contributed by atoms with van der Waals surface area (Å²) in [5.74, 6) is -0.726. The van der Waals surface area contributed by atoms with Gasteiger partial charge >= 0.3 is 62.9 Å². The molecule has 2 N–H and O–H groups in total. The molecule has 1 unspecified atom stereocenters. The Morgan fingerprint density at radius 1 is 1.88 bits per heavy atom. The molecule has 0 aromatic carbocycles. The number of hydrogen-bond donors (Lipinski definition) is 2. The Balaban J connectivity index is 3.46. The predicted molar refractivity (Wildman–Crippen MR) is 19.2 cm³/mol. The van der Waals surface area contributed by atoms with Crippen molar-refractivity contribution < 1.29 is 44.2 Å². The van der Waals surface area contributed by atoms with Gasteiger partial charge in [-0.05, 0) is 0 Å². The minimum absolute atomic E-state index is 0.0996. The quantitative estimate of drug-likeness (QED) is 0.600. The molecule has 0 aliphatic carbocycles. The van der Waals surface area contributed by atoms with Crippen LogP contribution in [0.4, 0.5) is 0 Å². The molecule has 0 aromatic heterocycles. The summed E-state index contributed by atoms with van der Waals surface area (Å²) in [7, 11) is 0. The molecule has 1 atom stereocenters. The maximum atomic E-state index is 10.2. The SMILES string of the molecule is O=C([O][Hg])C(O)CO. The molecule has 0 bridgehead atoms. The van der Waals surface area contributed by atoms with E-state index in [4.69, 9.17) is 10.2 Å². The van der Waals surface area contributed by atoms with Crippen LogP contribution >= 0.6 is 0 Å². The Labute approximate surface area is 63.1 Å². The number of rotatable bonds is 2. The topological polar surface area (TPSA) is 66.8 Å². The fourth-order valence-corrected chi connectivity index (χ4v) is 0.919. The molecule has 0 radical (unpaired) electrons. The van der Waals surface area contributed by atoms with Gasteiger partial charge in [-0.2, -0.15) is 0 Å². The summed E-state index contributed by atoms with van der Waals surface area (Å²) >= 11 is -0.0996. The first-order chi connectivity index (χ1) is 3.72. The van der Waals surface area contributed by atoms with Gasteiger partial charge in [0.1, 0.15) is 0 Å². The van der Waals surface area contributed by atoms with Crippen molar-refractivity contribution in [1.29, 1.82) is 0 Å². The number of aliphatic hydroxyl groups excluding tert-OH is 2. The van der Waals surface area contributed by atoms with Crippen molar-refractivity contribution >= 4 is 5.97 Å². The van der Waals surface area contributed by atoms with Gasteiger partial charge in [0.15, 0.2) is 0 Å². The molecular weight excluding hydrogens is 301 g/mol. The fourth-order valence-electron chi connectivity index (χ4n) is 0.171. The monoisotopic (exact) mass is 307 g/mol. The van der Waals surface area contributed by atoms with Crippen LogP contribution in [-0.2, 0) is 34.0 Å². The molecule has 5 heteroatoms. The van der Waals surface area contributed by atoms with Gasteiger partial charge in [-0.25, -0.2) is 0 Å². The first-order valence-electron chi connectivity index (χ1n) is 1.97. The Morgan fingerprint density at radius 2 is 2.38 bits per heavy atom. The molecule has 0 fully saturated rings. The van der Waals surface area contributed by atoms with Crippen molar-refractivity contribution in [3.8, 4) is 0 Å². The van der Waals surface area contributed by atoms with E-state index in [0.29, 0.717) is 0 Å². The summed E-state index contributed by atoms with van der Waals surface area (Å²) in [5, 5.41) is 16.5. The molecule has 0 saturated heterocycles. The summed E-state index contributed by atoms with van der Waals surface area (Å²) in [4.78, 5) is 10.2. The van der Waals surface area contributed by atoms with Gasteiger partial charge in [-0.15, -0.1) is 0 Å². The Bertz CT molecular complexity index is 83.4. The van der Waals surface area contributed by atoms with Crippen molar-refractivity contribution in [2.75, 3.05) is 6.61 Å². The van der Waals surface area contributed by atoms with E-state index in [1.54, 1.807) is 0 Å². The molecule has 0 aliphatic heterocycles. The van der Waals surface area contributed by atoms with Gasteiger partial charge in [0, 0.05) is 0 Å². The third kappa shape index (κ3) is 2.59. The second-order valence-electron chi connectivity index (χ2n) is 1.16. The van der Waals surface area contributed by atoms with Crippen molar-refractivity contribution in [2.45, 2.75) is 6.10 Å². The van der Waals surface area contributed by atoms with Gasteiger partial charge in [-0.3, -0.25) is 0 Å². The third-order valence-electron chi connectivity index (χ3n) is 0.587. The minimum atomic E-state index is -1.34. The second kappa shape index (κ2) is 4.23. The van der Waals surface area contributed by atoms with Crippen LogP contribution in [-0.4, -0.2) is 28.9 Å². The van der Waals surface area contributed by atoms with E-state index >= 15 is 0 Å². The molecule has 0 spiro atoms. The van der Waals surface area contributed by atoms with Crippen LogP contribution in [0.2, 0.25) is 0 Å². The first kappa shape index (κ1) is 8.33. The Kier molecular flexibility index (Phi) is 4.40.